The highest BCUT2D eigenvalue weighted by molar-refractivity contribution is 6.33. The molecule has 1 heterocycles. The second-order valence-corrected chi connectivity index (χ2v) is 4.82. The Morgan fingerprint density at radius 3 is 2.74 bits per heavy atom. The Morgan fingerprint density at radius 2 is 2.11 bits per heavy atom. The summed E-state index contributed by atoms with van der Waals surface area (Å²) >= 11 is 5.93. The van der Waals surface area contributed by atoms with Gasteiger partial charge in [-0.25, -0.2) is 0 Å². The Bertz CT molecular complexity index is 564. The minimum absolute atomic E-state index is 0.0323. The largest absolute Gasteiger partial charge is 0.466 e. The van der Waals surface area contributed by atoms with Crippen LogP contribution in [0.2, 0.25) is 5.02 Å². The van der Waals surface area contributed by atoms with E-state index in [4.69, 9.17) is 16.0 Å². The third-order valence-electron chi connectivity index (χ3n) is 2.76. The zero-order valence-electron chi connectivity index (χ0n) is 10.4. The number of halogens is 1. The van der Waals surface area contributed by atoms with E-state index >= 15 is 0 Å². The summed E-state index contributed by atoms with van der Waals surface area (Å²) in [6, 6.07) is 10.1. The molecule has 100 valence electrons. The lowest BCUT2D eigenvalue weighted by Gasteiger charge is -2.21. The molecule has 1 aromatic carbocycles. The van der Waals surface area contributed by atoms with Gasteiger partial charge in [-0.05, 0) is 31.2 Å². The summed E-state index contributed by atoms with van der Waals surface area (Å²) in [5.41, 5.74) is -0.889. The van der Waals surface area contributed by atoms with E-state index in [9.17, 15) is 9.90 Å². The van der Waals surface area contributed by atoms with Crippen LogP contribution >= 0.6 is 11.6 Å². The highest BCUT2D eigenvalue weighted by atomic mass is 35.5. The number of furan rings is 1. The molecule has 0 aliphatic carbocycles. The van der Waals surface area contributed by atoms with Crippen molar-refractivity contribution in [2.45, 2.75) is 12.5 Å². The first kappa shape index (κ1) is 13.6. The van der Waals surface area contributed by atoms with Crippen LogP contribution in [0.25, 0.3) is 0 Å². The Morgan fingerprint density at radius 1 is 1.37 bits per heavy atom. The molecule has 19 heavy (non-hydrogen) atoms. The topological polar surface area (TPSA) is 62.5 Å². The number of nitrogens with one attached hydrogen (secondary N) is 1. The lowest BCUT2D eigenvalue weighted by atomic mass is 10.0. The van der Waals surface area contributed by atoms with Crippen LogP contribution in [0.15, 0.2) is 47.1 Å². The maximum atomic E-state index is 11.9. The zero-order chi connectivity index (χ0) is 13.9. The van der Waals surface area contributed by atoms with Gasteiger partial charge in [0.1, 0.15) is 11.4 Å². The molecule has 0 fully saturated rings. The summed E-state index contributed by atoms with van der Waals surface area (Å²) < 4.78 is 5.13. The second-order valence-electron chi connectivity index (χ2n) is 4.41. The SMILES string of the molecule is CC(O)(CNC(=O)c1ccccc1Cl)c1ccco1. The van der Waals surface area contributed by atoms with Gasteiger partial charge in [-0.15, -0.1) is 0 Å². The lowest BCUT2D eigenvalue weighted by molar-refractivity contribution is 0.0330. The molecule has 1 unspecified atom stereocenters. The Hall–Kier alpha value is -1.78. The Balaban J connectivity index is 2.03. The molecule has 0 aliphatic heterocycles. The fraction of sp³-hybridized carbons (Fsp3) is 0.214. The van der Waals surface area contributed by atoms with Crippen LogP contribution in [0.1, 0.15) is 23.0 Å². The van der Waals surface area contributed by atoms with Gasteiger partial charge in [-0.2, -0.15) is 0 Å². The van der Waals surface area contributed by atoms with E-state index in [1.165, 1.54) is 6.26 Å². The molecule has 0 radical (unpaired) electrons. The third-order valence-corrected chi connectivity index (χ3v) is 3.09. The molecule has 0 saturated carbocycles. The number of benzene rings is 1. The van der Waals surface area contributed by atoms with Gasteiger partial charge in [0.05, 0.1) is 23.4 Å². The van der Waals surface area contributed by atoms with Crippen LogP contribution in [-0.4, -0.2) is 17.6 Å². The van der Waals surface area contributed by atoms with Crippen LogP contribution in [-0.2, 0) is 5.60 Å². The number of amides is 1. The van der Waals surface area contributed by atoms with E-state index in [-0.39, 0.29) is 12.5 Å². The van der Waals surface area contributed by atoms with E-state index in [1.54, 1.807) is 43.3 Å². The third kappa shape index (κ3) is 3.16. The number of carbonyl (C=O) groups is 1. The number of hydrogen-bond donors (Lipinski definition) is 2. The van der Waals surface area contributed by atoms with E-state index < -0.39 is 5.60 Å². The summed E-state index contributed by atoms with van der Waals surface area (Å²) in [6.45, 7) is 1.60. The second kappa shape index (κ2) is 5.47. The molecule has 1 aromatic heterocycles. The number of aliphatic hydroxyl groups is 1. The Labute approximate surface area is 116 Å². The molecule has 0 spiro atoms. The summed E-state index contributed by atoms with van der Waals surface area (Å²) in [5, 5.41) is 13.2. The molecule has 4 nitrogen and oxygen atoms in total. The summed E-state index contributed by atoms with van der Waals surface area (Å²) in [6.07, 6.45) is 1.47. The van der Waals surface area contributed by atoms with Gasteiger partial charge in [0.2, 0.25) is 0 Å². The average Bonchev–Trinajstić information content (AvgIpc) is 2.91. The first-order chi connectivity index (χ1) is 9.00. The zero-order valence-corrected chi connectivity index (χ0v) is 11.1. The fourth-order valence-electron chi connectivity index (χ4n) is 1.67. The van der Waals surface area contributed by atoms with Crippen molar-refractivity contribution in [2.24, 2.45) is 0 Å². The van der Waals surface area contributed by atoms with Crippen molar-refractivity contribution in [1.29, 1.82) is 0 Å². The number of hydrogen-bond acceptors (Lipinski definition) is 3. The first-order valence-corrected chi connectivity index (χ1v) is 6.17. The van der Waals surface area contributed by atoms with Crippen LogP contribution in [0.3, 0.4) is 0 Å². The molecular formula is C14H14ClNO3. The highest BCUT2D eigenvalue weighted by Crippen LogP contribution is 2.20. The first-order valence-electron chi connectivity index (χ1n) is 5.80. The van der Waals surface area contributed by atoms with Crippen molar-refractivity contribution in [3.8, 4) is 0 Å². The average molecular weight is 280 g/mol. The summed E-state index contributed by atoms with van der Waals surface area (Å²) in [7, 11) is 0. The molecular weight excluding hydrogens is 266 g/mol. The van der Waals surface area contributed by atoms with Crippen molar-refractivity contribution in [1.82, 2.24) is 5.32 Å². The van der Waals surface area contributed by atoms with Gasteiger partial charge < -0.3 is 14.8 Å². The minimum atomic E-state index is -1.26. The standard InChI is InChI=1S/C14H14ClNO3/c1-14(18,12-7-4-8-19-12)9-16-13(17)10-5-2-3-6-11(10)15/h2-8,18H,9H2,1H3,(H,16,17). The van der Waals surface area contributed by atoms with Crippen molar-refractivity contribution in [3.05, 3.63) is 59.0 Å². The van der Waals surface area contributed by atoms with Gasteiger partial charge in [-0.1, -0.05) is 23.7 Å². The molecule has 5 heteroatoms. The van der Waals surface area contributed by atoms with Crippen molar-refractivity contribution in [3.63, 3.8) is 0 Å². The van der Waals surface area contributed by atoms with Crippen LogP contribution in [0.4, 0.5) is 0 Å². The molecule has 0 aliphatic rings. The van der Waals surface area contributed by atoms with Gasteiger partial charge in [0.15, 0.2) is 0 Å². The highest BCUT2D eigenvalue weighted by Gasteiger charge is 2.27. The monoisotopic (exact) mass is 279 g/mol. The molecule has 2 N–H and O–H groups in total. The van der Waals surface area contributed by atoms with Gasteiger partial charge in [0.25, 0.3) is 5.91 Å². The maximum absolute atomic E-state index is 11.9. The van der Waals surface area contributed by atoms with Crippen LogP contribution in [0.5, 0.6) is 0 Å². The molecule has 1 atom stereocenters. The molecule has 1 amide bonds. The van der Waals surface area contributed by atoms with Crippen molar-refractivity contribution in [2.75, 3.05) is 6.54 Å². The molecule has 0 bridgehead atoms. The Kier molecular flexibility index (Phi) is 3.93. The van der Waals surface area contributed by atoms with Crippen LogP contribution in [0, 0.1) is 0 Å². The van der Waals surface area contributed by atoms with Crippen molar-refractivity contribution >= 4 is 17.5 Å². The van der Waals surface area contributed by atoms with E-state index in [0.717, 1.165) is 0 Å². The van der Waals surface area contributed by atoms with E-state index in [1.807, 2.05) is 0 Å². The fourth-order valence-corrected chi connectivity index (χ4v) is 1.89. The lowest BCUT2D eigenvalue weighted by Crippen LogP contribution is -2.38. The normalized spacial score (nSPS) is 13.8. The van der Waals surface area contributed by atoms with Crippen molar-refractivity contribution < 1.29 is 14.3 Å². The van der Waals surface area contributed by atoms with E-state index in [2.05, 4.69) is 5.32 Å². The minimum Gasteiger partial charge on any atom is -0.466 e. The quantitative estimate of drug-likeness (QED) is 0.904. The maximum Gasteiger partial charge on any atom is 0.252 e. The molecule has 0 saturated heterocycles. The predicted octanol–water partition coefficient (Wildman–Crippen LogP) is 2.57. The summed E-state index contributed by atoms with van der Waals surface area (Å²) in [4.78, 5) is 11.9. The van der Waals surface area contributed by atoms with Gasteiger partial charge >= 0.3 is 0 Å². The van der Waals surface area contributed by atoms with Crippen LogP contribution < -0.4 is 5.32 Å². The molecule has 2 rings (SSSR count). The summed E-state index contributed by atoms with van der Waals surface area (Å²) in [5.74, 6) is 0.0596. The van der Waals surface area contributed by atoms with Gasteiger partial charge in [0, 0.05) is 0 Å². The smallest absolute Gasteiger partial charge is 0.252 e. The predicted molar refractivity (Wildman–Crippen MR) is 72.1 cm³/mol. The van der Waals surface area contributed by atoms with E-state index in [0.29, 0.717) is 16.3 Å². The molecule has 2 aromatic rings. The van der Waals surface area contributed by atoms with Gasteiger partial charge in [-0.3, -0.25) is 4.79 Å². The number of rotatable bonds is 4. The number of carbonyl (C=O) groups excluding carboxylic acids is 1.